The number of hydrogen-bond acceptors (Lipinski definition) is 5. The van der Waals surface area contributed by atoms with Crippen molar-refractivity contribution in [1.29, 1.82) is 0 Å². The van der Waals surface area contributed by atoms with Gasteiger partial charge in [0.25, 0.3) is 0 Å². The molecule has 2 N–H and O–H groups in total. The van der Waals surface area contributed by atoms with Crippen LogP contribution in [-0.2, 0) is 11.2 Å². The smallest absolute Gasteiger partial charge is 0.0937 e. The summed E-state index contributed by atoms with van der Waals surface area (Å²) in [5.74, 6) is 0.598. The van der Waals surface area contributed by atoms with Crippen molar-refractivity contribution < 1.29 is 4.74 Å². The lowest BCUT2D eigenvalue weighted by Gasteiger charge is -2.16. The predicted octanol–water partition coefficient (Wildman–Crippen LogP) is 0.510. The van der Waals surface area contributed by atoms with Gasteiger partial charge in [0.15, 0.2) is 0 Å². The molecule has 0 amide bonds. The summed E-state index contributed by atoms with van der Waals surface area (Å²) < 4.78 is 5.45. The molecule has 1 saturated heterocycles. The molecule has 4 nitrogen and oxygen atoms in total. The molecule has 1 aliphatic heterocycles. The Morgan fingerprint density at radius 2 is 2.50 bits per heavy atom. The van der Waals surface area contributed by atoms with Crippen molar-refractivity contribution in [3.8, 4) is 0 Å². The standard InChI is InChI=1S/C11H19N3OS/c1-12-10-8-15-7-9(10)6-13-3-2-11-14-4-5-16-11/h4-5,9-10,12-13H,2-3,6-8H2,1H3. The lowest BCUT2D eigenvalue weighted by atomic mass is 10.0. The normalized spacial score (nSPS) is 25.1. The second kappa shape index (κ2) is 6.30. The fourth-order valence-electron chi connectivity index (χ4n) is 1.98. The van der Waals surface area contributed by atoms with Crippen molar-refractivity contribution in [2.45, 2.75) is 12.5 Å². The quantitative estimate of drug-likeness (QED) is 0.712. The maximum Gasteiger partial charge on any atom is 0.0937 e. The van der Waals surface area contributed by atoms with Crippen molar-refractivity contribution >= 4 is 11.3 Å². The lowest BCUT2D eigenvalue weighted by molar-refractivity contribution is 0.182. The molecule has 0 radical (unpaired) electrons. The largest absolute Gasteiger partial charge is 0.379 e. The first-order chi connectivity index (χ1) is 7.90. The van der Waals surface area contributed by atoms with E-state index in [9.17, 15) is 0 Å². The van der Waals surface area contributed by atoms with Gasteiger partial charge in [-0.3, -0.25) is 0 Å². The molecular weight excluding hydrogens is 222 g/mol. The minimum Gasteiger partial charge on any atom is -0.379 e. The van der Waals surface area contributed by atoms with Crippen LogP contribution in [0.1, 0.15) is 5.01 Å². The third-order valence-corrected chi connectivity index (χ3v) is 3.81. The van der Waals surface area contributed by atoms with Gasteiger partial charge in [0.2, 0.25) is 0 Å². The number of rotatable bonds is 6. The molecule has 5 heteroatoms. The van der Waals surface area contributed by atoms with Crippen LogP contribution in [0.2, 0.25) is 0 Å². The Kier molecular flexibility index (Phi) is 4.71. The Hall–Kier alpha value is -0.490. The zero-order valence-corrected chi connectivity index (χ0v) is 10.4. The van der Waals surface area contributed by atoms with Gasteiger partial charge >= 0.3 is 0 Å². The van der Waals surface area contributed by atoms with E-state index in [1.54, 1.807) is 11.3 Å². The molecule has 0 spiro atoms. The van der Waals surface area contributed by atoms with Crippen LogP contribution < -0.4 is 10.6 Å². The number of nitrogens with zero attached hydrogens (tertiary/aromatic N) is 1. The van der Waals surface area contributed by atoms with E-state index in [0.717, 1.165) is 32.7 Å². The lowest BCUT2D eigenvalue weighted by Crippen LogP contribution is -2.38. The maximum absolute atomic E-state index is 5.45. The summed E-state index contributed by atoms with van der Waals surface area (Å²) >= 11 is 1.72. The summed E-state index contributed by atoms with van der Waals surface area (Å²) in [4.78, 5) is 4.26. The molecule has 0 aliphatic carbocycles. The van der Waals surface area contributed by atoms with Crippen molar-refractivity contribution in [3.63, 3.8) is 0 Å². The molecule has 2 rings (SSSR count). The Bertz CT molecular complexity index is 291. The molecule has 1 fully saturated rings. The second-order valence-corrected chi connectivity index (χ2v) is 5.05. The molecule has 90 valence electrons. The highest BCUT2D eigenvalue weighted by atomic mass is 32.1. The summed E-state index contributed by atoms with van der Waals surface area (Å²) in [7, 11) is 2.00. The van der Waals surface area contributed by atoms with E-state index in [0.29, 0.717) is 12.0 Å². The van der Waals surface area contributed by atoms with Gasteiger partial charge in [0.05, 0.1) is 18.2 Å². The van der Waals surface area contributed by atoms with Gasteiger partial charge < -0.3 is 15.4 Å². The zero-order chi connectivity index (χ0) is 11.2. The Morgan fingerprint density at radius 1 is 1.56 bits per heavy atom. The van der Waals surface area contributed by atoms with Gasteiger partial charge in [0, 0.05) is 43.0 Å². The minimum absolute atomic E-state index is 0.507. The Morgan fingerprint density at radius 3 is 3.25 bits per heavy atom. The molecule has 1 aromatic rings. The van der Waals surface area contributed by atoms with Gasteiger partial charge in [-0.25, -0.2) is 4.98 Å². The molecule has 0 saturated carbocycles. The van der Waals surface area contributed by atoms with E-state index < -0.39 is 0 Å². The highest BCUT2D eigenvalue weighted by Crippen LogP contribution is 2.12. The first-order valence-electron chi connectivity index (χ1n) is 5.74. The van der Waals surface area contributed by atoms with E-state index in [1.807, 2.05) is 18.6 Å². The Labute approximate surface area is 100 Å². The van der Waals surface area contributed by atoms with Crippen LogP contribution in [0.25, 0.3) is 0 Å². The van der Waals surface area contributed by atoms with Crippen LogP contribution in [0.5, 0.6) is 0 Å². The number of aromatic nitrogens is 1. The molecule has 1 aromatic heterocycles. The van der Waals surface area contributed by atoms with Crippen LogP contribution in [0, 0.1) is 5.92 Å². The van der Waals surface area contributed by atoms with E-state index in [4.69, 9.17) is 4.74 Å². The van der Waals surface area contributed by atoms with Crippen molar-refractivity contribution in [1.82, 2.24) is 15.6 Å². The summed E-state index contributed by atoms with van der Waals surface area (Å²) in [6.07, 6.45) is 2.89. The van der Waals surface area contributed by atoms with Crippen molar-refractivity contribution in [3.05, 3.63) is 16.6 Å². The monoisotopic (exact) mass is 241 g/mol. The first-order valence-corrected chi connectivity index (χ1v) is 6.62. The number of ether oxygens (including phenoxy) is 1. The fraction of sp³-hybridized carbons (Fsp3) is 0.727. The Balaban J connectivity index is 1.61. The maximum atomic E-state index is 5.45. The van der Waals surface area contributed by atoms with Gasteiger partial charge in [-0.1, -0.05) is 0 Å². The summed E-state index contributed by atoms with van der Waals surface area (Å²) in [5, 5.41) is 10.0. The van der Waals surface area contributed by atoms with Gasteiger partial charge in [-0.15, -0.1) is 11.3 Å². The van der Waals surface area contributed by atoms with Gasteiger partial charge in [-0.05, 0) is 7.05 Å². The summed E-state index contributed by atoms with van der Waals surface area (Å²) in [6, 6.07) is 0.507. The molecule has 2 atom stereocenters. The average molecular weight is 241 g/mol. The summed E-state index contributed by atoms with van der Waals surface area (Å²) in [6.45, 7) is 3.74. The van der Waals surface area contributed by atoms with Crippen LogP contribution >= 0.6 is 11.3 Å². The van der Waals surface area contributed by atoms with Gasteiger partial charge in [-0.2, -0.15) is 0 Å². The third kappa shape index (κ3) is 3.25. The van der Waals surface area contributed by atoms with Crippen LogP contribution in [0.15, 0.2) is 11.6 Å². The highest BCUT2D eigenvalue weighted by Gasteiger charge is 2.25. The highest BCUT2D eigenvalue weighted by molar-refractivity contribution is 7.09. The fourth-order valence-corrected chi connectivity index (χ4v) is 2.60. The van der Waals surface area contributed by atoms with Crippen molar-refractivity contribution in [2.24, 2.45) is 5.92 Å². The molecule has 1 aliphatic rings. The van der Waals surface area contributed by atoms with E-state index in [1.165, 1.54) is 5.01 Å². The molecule has 16 heavy (non-hydrogen) atoms. The van der Waals surface area contributed by atoms with Crippen LogP contribution in [0.3, 0.4) is 0 Å². The third-order valence-electron chi connectivity index (χ3n) is 2.97. The molecule has 0 aromatic carbocycles. The zero-order valence-electron chi connectivity index (χ0n) is 9.61. The van der Waals surface area contributed by atoms with Gasteiger partial charge in [0.1, 0.15) is 0 Å². The molecule has 0 bridgehead atoms. The molecule has 2 unspecified atom stereocenters. The van der Waals surface area contributed by atoms with Crippen LogP contribution in [-0.4, -0.2) is 44.4 Å². The van der Waals surface area contributed by atoms with Crippen molar-refractivity contribution in [2.75, 3.05) is 33.4 Å². The van der Waals surface area contributed by atoms with E-state index in [2.05, 4.69) is 15.6 Å². The number of nitrogens with one attached hydrogen (secondary N) is 2. The van der Waals surface area contributed by atoms with E-state index in [-0.39, 0.29) is 0 Å². The second-order valence-electron chi connectivity index (χ2n) is 4.07. The minimum atomic E-state index is 0.507. The molecular formula is C11H19N3OS. The predicted molar refractivity (Wildman–Crippen MR) is 65.8 cm³/mol. The molecule has 2 heterocycles. The summed E-state index contributed by atoms with van der Waals surface area (Å²) in [5.41, 5.74) is 0. The van der Waals surface area contributed by atoms with Crippen LogP contribution in [0.4, 0.5) is 0 Å². The number of likely N-dealkylation sites (N-methyl/N-ethyl adjacent to an activating group) is 1. The first kappa shape index (κ1) is 12.0. The SMILES string of the molecule is CNC1COCC1CNCCc1nccs1. The number of thiazole rings is 1. The topological polar surface area (TPSA) is 46.2 Å². The van der Waals surface area contributed by atoms with E-state index >= 15 is 0 Å². The number of hydrogen-bond donors (Lipinski definition) is 2. The average Bonchev–Trinajstić information content (AvgIpc) is 2.95.